The van der Waals surface area contributed by atoms with Crippen molar-refractivity contribution in [2.75, 3.05) is 12.0 Å². The molecule has 0 N–H and O–H groups in total. The molecule has 4 heteroatoms. The summed E-state index contributed by atoms with van der Waals surface area (Å²) in [6, 6.07) is 15.6. The molecule has 126 valence electrons. The highest BCUT2D eigenvalue weighted by atomic mass is 16.5. The number of fused-ring (bicyclic) bond motifs is 1. The van der Waals surface area contributed by atoms with Crippen molar-refractivity contribution < 1.29 is 14.3 Å². The summed E-state index contributed by atoms with van der Waals surface area (Å²) in [6.45, 7) is 4.05. The molecule has 2 aromatic carbocycles. The standard InChI is InChI=1S/C20H23NO3/c1-4-19(24-17-11-9-16(23-3)10-12-17)20(22)21-14(2)13-15-7-5-6-8-18(15)21/h5-12,14,19H,4,13H2,1-3H3/t14-,19+/m1/s1. The van der Waals surface area contributed by atoms with Gasteiger partial charge in [0.15, 0.2) is 6.10 Å². The third kappa shape index (κ3) is 3.09. The summed E-state index contributed by atoms with van der Waals surface area (Å²) in [4.78, 5) is 14.9. The van der Waals surface area contributed by atoms with Gasteiger partial charge in [0, 0.05) is 11.7 Å². The smallest absolute Gasteiger partial charge is 0.268 e. The van der Waals surface area contributed by atoms with Crippen LogP contribution in [-0.2, 0) is 11.2 Å². The number of benzene rings is 2. The van der Waals surface area contributed by atoms with E-state index in [1.54, 1.807) is 7.11 Å². The number of amides is 1. The Hall–Kier alpha value is -2.49. The van der Waals surface area contributed by atoms with Crippen molar-refractivity contribution >= 4 is 11.6 Å². The summed E-state index contributed by atoms with van der Waals surface area (Å²) in [5.74, 6) is 1.46. The molecule has 1 heterocycles. The molecule has 0 fully saturated rings. The van der Waals surface area contributed by atoms with Gasteiger partial charge in [-0.15, -0.1) is 0 Å². The number of methoxy groups -OCH3 is 1. The molecule has 3 rings (SSSR count). The lowest BCUT2D eigenvalue weighted by Gasteiger charge is -2.27. The minimum Gasteiger partial charge on any atom is -0.497 e. The van der Waals surface area contributed by atoms with Crippen LogP contribution >= 0.6 is 0 Å². The van der Waals surface area contributed by atoms with Gasteiger partial charge < -0.3 is 14.4 Å². The number of carbonyl (C=O) groups excluding carboxylic acids is 1. The first kappa shape index (κ1) is 16.4. The van der Waals surface area contributed by atoms with E-state index < -0.39 is 6.10 Å². The molecule has 2 aromatic rings. The molecular formula is C20H23NO3. The highest BCUT2D eigenvalue weighted by Crippen LogP contribution is 2.33. The molecule has 0 bridgehead atoms. The molecule has 0 spiro atoms. The first-order valence-corrected chi connectivity index (χ1v) is 8.35. The molecule has 0 unspecified atom stereocenters. The second kappa shape index (κ2) is 6.95. The molecule has 0 aromatic heterocycles. The Bertz CT molecular complexity index is 711. The molecule has 1 aliphatic heterocycles. The molecule has 0 saturated carbocycles. The summed E-state index contributed by atoms with van der Waals surface area (Å²) in [5, 5.41) is 0. The van der Waals surface area contributed by atoms with Gasteiger partial charge in [0.1, 0.15) is 11.5 Å². The van der Waals surface area contributed by atoms with Gasteiger partial charge in [-0.1, -0.05) is 25.1 Å². The maximum absolute atomic E-state index is 13.1. The second-order valence-electron chi connectivity index (χ2n) is 6.08. The molecule has 0 aliphatic carbocycles. The maximum Gasteiger partial charge on any atom is 0.268 e. The van der Waals surface area contributed by atoms with E-state index in [1.807, 2.05) is 54.3 Å². The van der Waals surface area contributed by atoms with E-state index in [9.17, 15) is 4.79 Å². The van der Waals surface area contributed by atoms with E-state index in [0.29, 0.717) is 12.2 Å². The van der Waals surface area contributed by atoms with Crippen LogP contribution in [-0.4, -0.2) is 25.2 Å². The van der Waals surface area contributed by atoms with Gasteiger partial charge in [-0.2, -0.15) is 0 Å². The Balaban J connectivity index is 1.79. The first-order valence-electron chi connectivity index (χ1n) is 8.35. The van der Waals surface area contributed by atoms with Crippen LogP contribution in [0.4, 0.5) is 5.69 Å². The van der Waals surface area contributed by atoms with E-state index in [4.69, 9.17) is 9.47 Å². The lowest BCUT2D eigenvalue weighted by atomic mass is 10.1. The van der Waals surface area contributed by atoms with E-state index in [0.717, 1.165) is 17.9 Å². The van der Waals surface area contributed by atoms with Gasteiger partial charge >= 0.3 is 0 Å². The van der Waals surface area contributed by atoms with Crippen molar-refractivity contribution in [3.05, 3.63) is 54.1 Å². The van der Waals surface area contributed by atoms with Gasteiger partial charge in [0.05, 0.1) is 7.11 Å². The van der Waals surface area contributed by atoms with Crippen LogP contribution < -0.4 is 14.4 Å². The molecule has 0 radical (unpaired) electrons. The normalized spacial score (nSPS) is 17.3. The Morgan fingerprint density at radius 2 is 1.83 bits per heavy atom. The quantitative estimate of drug-likeness (QED) is 0.838. The number of nitrogens with zero attached hydrogens (tertiary/aromatic N) is 1. The zero-order valence-corrected chi connectivity index (χ0v) is 14.4. The van der Waals surface area contributed by atoms with E-state index >= 15 is 0 Å². The van der Waals surface area contributed by atoms with E-state index in [1.165, 1.54) is 5.56 Å². The summed E-state index contributed by atoms with van der Waals surface area (Å²) in [7, 11) is 1.63. The predicted molar refractivity (Wildman–Crippen MR) is 94.8 cm³/mol. The van der Waals surface area contributed by atoms with Crippen LogP contribution in [0.2, 0.25) is 0 Å². The predicted octanol–water partition coefficient (Wildman–Crippen LogP) is 3.83. The minimum atomic E-state index is -0.494. The van der Waals surface area contributed by atoms with Crippen LogP contribution in [0.1, 0.15) is 25.8 Å². The zero-order chi connectivity index (χ0) is 17.1. The topological polar surface area (TPSA) is 38.8 Å². The maximum atomic E-state index is 13.1. The number of ether oxygens (including phenoxy) is 2. The fraction of sp³-hybridized carbons (Fsp3) is 0.350. The average molecular weight is 325 g/mol. The summed E-state index contributed by atoms with van der Waals surface area (Å²) in [5.41, 5.74) is 2.23. The van der Waals surface area contributed by atoms with Crippen LogP contribution in [0.5, 0.6) is 11.5 Å². The monoisotopic (exact) mass is 325 g/mol. The molecule has 24 heavy (non-hydrogen) atoms. The van der Waals surface area contributed by atoms with Crippen LogP contribution in [0.15, 0.2) is 48.5 Å². The number of anilines is 1. The zero-order valence-electron chi connectivity index (χ0n) is 14.4. The lowest BCUT2D eigenvalue weighted by Crippen LogP contribution is -2.44. The Morgan fingerprint density at radius 3 is 2.50 bits per heavy atom. The third-order valence-corrected chi connectivity index (χ3v) is 4.43. The number of carbonyl (C=O) groups is 1. The molecule has 0 saturated heterocycles. The van der Waals surface area contributed by atoms with Crippen molar-refractivity contribution in [1.29, 1.82) is 0 Å². The van der Waals surface area contributed by atoms with Gasteiger partial charge in [0.2, 0.25) is 0 Å². The van der Waals surface area contributed by atoms with Gasteiger partial charge in [-0.25, -0.2) is 0 Å². The van der Waals surface area contributed by atoms with Gasteiger partial charge in [-0.05, 0) is 55.7 Å². The van der Waals surface area contributed by atoms with E-state index in [-0.39, 0.29) is 11.9 Å². The van der Waals surface area contributed by atoms with Crippen molar-refractivity contribution in [1.82, 2.24) is 0 Å². The van der Waals surface area contributed by atoms with Crippen molar-refractivity contribution in [2.24, 2.45) is 0 Å². The molecule has 1 amide bonds. The first-order chi connectivity index (χ1) is 11.6. The third-order valence-electron chi connectivity index (χ3n) is 4.43. The van der Waals surface area contributed by atoms with Crippen molar-refractivity contribution in [3.8, 4) is 11.5 Å². The molecular weight excluding hydrogens is 302 g/mol. The summed E-state index contributed by atoms with van der Waals surface area (Å²) in [6.07, 6.45) is 1.02. The molecule has 4 nitrogen and oxygen atoms in total. The number of hydrogen-bond donors (Lipinski definition) is 0. The van der Waals surface area contributed by atoms with Crippen molar-refractivity contribution in [3.63, 3.8) is 0 Å². The Labute approximate surface area is 143 Å². The van der Waals surface area contributed by atoms with Gasteiger partial charge in [0.25, 0.3) is 5.91 Å². The SMILES string of the molecule is CC[C@H](Oc1ccc(OC)cc1)C(=O)N1c2ccccc2C[C@H]1C. The Kier molecular flexibility index (Phi) is 4.74. The second-order valence-corrected chi connectivity index (χ2v) is 6.08. The number of para-hydroxylation sites is 1. The van der Waals surface area contributed by atoms with Crippen molar-refractivity contribution in [2.45, 2.75) is 38.8 Å². The number of rotatable bonds is 5. The fourth-order valence-electron chi connectivity index (χ4n) is 3.18. The van der Waals surface area contributed by atoms with E-state index in [2.05, 4.69) is 13.0 Å². The highest BCUT2D eigenvalue weighted by Gasteiger charge is 2.34. The van der Waals surface area contributed by atoms with Crippen LogP contribution in [0.3, 0.4) is 0 Å². The minimum absolute atomic E-state index is 0.0192. The largest absolute Gasteiger partial charge is 0.497 e. The fourth-order valence-corrected chi connectivity index (χ4v) is 3.18. The Morgan fingerprint density at radius 1 is 1.17 bits per heavy atom. The molecule has 2 atom stereocenters. The van der Waals surface area contributed by atoms with Crippen LogP contribution in [0.25, 0.3) is 0 Å². The number of hydrogen-bond acceptors (Lipinski definition) is 3. The molecule has 1 aliphatic rings. The highest BCUT2D eigenvalue weighted by molar-refractivity contribution is 5.99. The van der Waals surface area contributed by atoms with Gasteiger partial charge in [-0.3, -0.25) is 4.79 Å². The summed E-state index contributed by atoms with van der Waals surface area (Å²) < 4.78 is 11.1. The average Bonchev–Trinajstić information content (AvgIpc) is 2.95. The lowest BCUT2D eigenvalue weighted by molar-refractivity contribution is -0.125. The summed E-state index contributed by atoms with van der Waals surface area (Å²) >= 11 is 0. The van der Waals surface area contributed by atoms with Crippen LogP contribution in [0, 0.1) is 0 Å².